The second-order valence-electron chi connectivity index (χ2n) is 6.12. The number of pyridine rings is 1. The molecule has 1 aliphatic carbocycles. The molecule has 0 unspecified atom stereocenters. The van der Waals surface area contributed by atoms with Gasteiger partial charge in [-0.2, -0.15) is 5.26 Å². The van der Waals surface area contributed by atoms with Crippen molar-refractivity contribution >= 4 is 17.5 Å². The zero-order chi connectivity index (χ0) is 18.8. The molecule has 4 rings (SSSR count). The Kier molecular flexibility index (Phi) is 4.60. The largest absolute Gasteiger partial charge is 0.438 e. The fraction of sp³-hybridized carbons (Fsp3) is 0.211. The van der Waals surface area contributed by atoms with Crippen molar-refractivity contribution in [2.24, 2.45) is 0 Å². The average Bonchev–Trinajstić information content (AvgIpc) is 3.31. The quantitative estimate of drug-likeness (QED) is 0.413. The van der Waals surface area contributed by atoms with Crippen molar-refractivity contribution in [3.05, 3.63) is 69.3 Å². The van der Waals surface area contributed by atoms with E-state index in [0.29, 0.717) is 16.3 Å². The van der Waals surface area contributed by atoms with E-state index in [4.69, 9.17) is 4.52 Å². The van der Waals surface area contributed by atoms with Crippen molar-refractivity contribution in [1.82, 2.24) is 10.3 Å². The number of nitrogens with zero attached hydrogens (tertiary/aromatic N) is 3. The zero-order valence-electron chi connectivity index (χ0n) is 14.3. The maximum Gasteiger partial charge on any atom is 0.438 e. The maximum absolute atomic E-state index is 12.7. The number of thioether (sulfide) groups is 1. The smallest absolute Gasteiger partial charge is 0.286 e. The van der Waals surface area contributed by atoms with E-state index in [0.717, 1.165) is 30.5 Å². The number of para-hydroxylation sites is 1. The minimum atomic E-state index is -0.730. The summed E-state index contributed by atoms with van der Waals surface area (Å²) in [6.45, 7) is 0. The second kappa shape index (κ2) is 7.21. The van der Waals surface area contributed by atoms with E-state index >= 15 is 0 Å². The highest BCUT2D eigenvalue weighted by Crippen LogP contribution is 2.28. The van der Waals surface area contributed by atoms with E-state index in [1.165, 1.54) is 16.4 Å². The van der Waals surface area contributed by atoms with Crippen LogP contribution in [0.3, 0.4) is 0 Å². The third kappa shape index (κ3) is 3.29. The lowest BCUT2D eigenvalue weighted by Gasteiger charge is -2.05. The molecule has 0 spiro atoms. The molecule has 0 bridgehead atoms. The number of ketones is 1. The van der Waals surface area contributed by atoms with E-state index in [2.05, 4.69) is 16.3 Å². The molecule has 7 nitrogen and oxygen atoms in total. The third-order valence-electron chi connectivity index (χ3n) is 4.40. The molecule has 27 heavy (non-hydrogen) atoms. The molecule has 0 amide bonds. The first-order valence-corrected chi connectivity index (χ1v) is 9.44. The molecule has 0 aliphatic heterocycles. The number of aromatic amines is 1. The number of hydrogen-bond acceptors (Lipinski definition) is 6. The number of nitriles is 1. The summed E-state index contributed by atoms with van der Waals surface area (Å²) < 4.78 is 6.14. The van der Waals surface area contributed by atoms with Gasteiger partial charge >= 0.3 is 11.3 Å². The number of carbonyl (C=O) groups is 1. The molecule has 3 aromatic rings. The van der Waals surface area contributed by atoms with Gasteiger partial charge in [-0.15, -0.1) is 0 Å². The van der Waals surface area contributed by atoms with Crippen molar-refractivity contribution in [2.75, 3.05) is 5.75 Å². The number of aryl methyl sites for hydroxylation is 2. The Labute approximate surface area is 158 Å². The van der Waals surface area contributed by atoms with Gasteiger partial charge in [-0.05, 0) is 40.8 Å². The van der Waals surface area contributed by atoms with Gasteiger partial charge in [0.2, 0.25) is 11.5 Å². The summed E-state index contributed by atoms with van der Waals surface area (Å²) in [7, 11) is 0. The lowest BCUT2D eigenvalue weighted by atomic mass is 10.2. The number of H-pyrrole nitrogens is 1. The number of nitrogens with one attached hydrogen (secondary N) is 1. The number of rotatable bonds is 5. The molecule has 1 aromatic carbocycles. The maximum atomic E-state index is 12.7. The van der Waals surface area contributed by atoms with Gasteiger partial charge in [0.15, 0.2) is 0 Å². The summed E-state index contributed by atoms with van der Waals surface area (Å²) in [5.74, 6) is -0.416. The molecule has 0 saturated carbocycles. The molecular formula is C19H15N4O3S+. The minimum absolute atomic E-state index is 0.0179. The Morgan fingerprint density at radius 1 is 1.33 bits per heavy atom. The third-order valence-corrected chi connectivity index (χ3v) is 5.39. The van der Waals surface area contributed by atoms with E-state index in [-0.39, 0.29) is 11.4 Å². The predicted octanol–water partition coefficient (Wildman–Crippen LogP) is 1.97. The highest BCUT2D eigenvalue weighted by molar-refractivity contribution is 8.00. The van der Waals surface area contributed by atoms with Crippen LogP contribution >= 0.6 is 11.8 Å². The number of aromatic nitrogens is 3. The Morgan fingerprint density at radius 2 is 2.15 bits per heavy atom. The highest BCUT2D eigenvalue weighted by Gasteiger charge is 2.30. The first kappa shape index (κ1) is 17.2. The fourth-order valence-electron chi connectivity index (χ4n) is 3.12. The molecule has 0 saturated heterocycles. The number of carbonyl (C=O) groups excluding carboxylic acids is 1. The summed E-state index contributed by atoms with van der Waals surface area (Å²) in [6, 6.07) is 12.9. The van der Waals surface area contributed by atoms with Crippen molar-refractivity contribution < 1.29 is 14.0 Å². The average molecular weight is 379 g/mol. The van der Waals surface area contributed by atoms with Gasteiger partial charge in [0.05, 0.1) is 11.3 Å². The molecule has 134 valence electrons. The topological polar surface area (TPSA) is 104 Å². The van der Waals surface area contributed by atoms with E-state index in [9.17, 15) is 14.9 Å². The van der Waals surface area contributed by atoms with Crippen LogP contribution in [0.25, 0.3) is 5.69 Å². The van der Waals surface area contributed by atoms with E-state index in [1.54, 1.807) is 24.3 Å². The Balaban J connectivity index is 1.59. The van der Waals surface area contributed by atoms with Crippen LogP contribution in [0.2, 0.25) is 0 Å². The SMILES string of the molecule is N#Cc1cc2c(nc1SCC(=O)c1c(=O)o[nH][n+]1-c1ccccc1)CCC2. The monoisotopic (exact) mass is 379 g/mol. The standard InChI is InChI=1S/C19H14N4O3S/c20-10-13-9-12-5-4-8-15(12)21-18(13)27-11-16(24)17-19(25)26-22-23(17)14-6-2-1-3-7-14/h1-3,6-7,9H,4-5,8,11H2/p+1. The van der Waals surface area contributed by atoms with Crippen LogP contribution in [0.4, 0.5) is 0 Å². The Morgan fingerprint density at radius 3 is 2.93 bits per heavy atom. The van der Waals surface area contributed by atoms with Crippen molar-refractivity contribution in [3.63, 3.8) is 0 Å². The summed E-state index contributed by atoms with van der Waals surface area (Å²) in [6.07, 6.45) is 2.85. The normalized spacial score (nSPS) is 12.6. The van der Waals surface area contributed by atoms with Crippen molar-refractivity contribution in [1.29, 1.82) is 5.26 Å². The van der Waals surface area contributed by atoms with E-state index in [1.807, 2.05) is 12.1 Å². The molecule has 1 aliphatic rings. The van der Waals surface area contributed by atoms with Crippen LogP contribution in [-0.2, 0) is 12.8 Å². The van der Waals surface area contributed by atoms with Crippen LogP contribution < -0.4 is 10.3 Å². The number of Topliss-reactive ketones (excluding diaryl/α,β-unsaturated/α-hetero) is 1. The summed E-state index contributed by atoms with van der Waals surface area (Å²) in [4.78, 5) is 29.3. The van der Waals surface area contributed by atoms with Crippen LogP contribution in [0.1, 0.15) is 33.7 Å². The first-order chi connectivity index (χ1) is 13.2. The summed E-state index contributed by atoms with van der Waals surface area (Å²) in [5.41, 5.74) is 2.36. The van der Waals surface area contributed by atoms with Crippen LogP contribution in [-0.4, -0.2) is 21.8 Å². The molecular weight excluding hydrogens is 364 g/mol. The van der Waals surface area contributed by atoms with Gasteiger partial charge in [-0.25, -0.2) is 9.78 Å². The van der Waals surface area contributed by atoms with Gasteiger partial charge in [0.25, 0.3) is 0 Å². The molecule has 0 radical (unpaired) electrons. The number of fused-ring (bicyclic) bond motifs is 1. The van der Waals surface area contributed by atoms with Gasteiger partial charge < -0.3 is 0 Å². The Bertz CT molecular complexity index is 1110. The molecule has 2 heterocycles. The van der Waals surface area contributed by atoms with E-state index < -0.39 is 11.4 Å². The lowest BCUT2D eigenvalue weighted by Crippen LogP contribution is -2.41. The van der Waals surface area contributed by atoms with Crippen molar-refractivity contribution in [3.8, 4) is 11.8 Å². The van der Waals surface area contributed by atoms with Crippen LogP contribution in [0.5, 0.6) is 0 Å². The van der Waals surface area contributed by atoms with Gasteiger partial charge in [-0.1, -0.05) is 30.0 Å². The summed E-state index contributed by atoms with van der Waals surface area (Å²) in [5, 5.41) is 12.4. The van der Waals surface area contributed by atoms with Crippen LogP contribution in [0.15, 0.2) is 50.7 Å². The molecule has 0 atom stereocenters. The van der Waals surface area contributed by atoms with Gasteiger partial charge in [0.1, 0.15) is 11.1 Å². The molecule has 2 aromatic heterocycles. The molecule has 1 N–H and O–H groups in total. The first-order valence-electron chi connectivity index (χ1n) is 8.45. The summed E-state index contributed by atoms with van der Waals surface area (Å²) >= 11 is 1.17. The molecule has 8 heteroatoms. The number of benzene rings is 1. The van der Waals surface area contributed by atoms with Crippen molar-refractivity contribution in [2.45, 2.75) is 24.3 Å². The predicted molar refractivity (Wildman–Crippen MR) is 96.9 cm³/mol. The highest BCUT2D eigenvalue weighted by atomic mass is 32.2. The van der Waals surface area contributed by atoms with Gasteiger partial charge in [-0.3, -0.25) is 9.32 Å². The second-order valence-corrected chi connectivity index (χ2v) is 7.09. The van der Waals surface area contributed by atoms with Gasteiger partial charge in [0, 0.05) is 17.8 Å². The fourth-order valence-corrected chi connectivity index (χ4v) is 3.95. The number of hydrogen-bond donors (Lipinski definition) is 1. The van der Waals surface area contributed by atoms with Crippen LogP contribution in [0, 0.1) is 11.3 Å². The zero-order valence-corrected chi connectivity index (χ0v) is 15.1. The minimum Gasteiger partial charge on any atom is -0.286 e. The lowest BCUT2D eigenvalue weighted by molar-refractivity contribution is -0.672. The molecule has 0 fully saturated rings. The Hall–Kier alpha value is -3.18.